The summed E-state index contributed by atoms with van der Waals surface area (Å²) in [6, 6.07) is 7.79. The maximum Gasteiger partial charge on any atom is 0.230 e. The second kappa shape index (κ2) is 11.6. The van der Waals surface area contributed by atoms with E-state index in [4.69, 9.17) is 14.5 Å². The van der Waals surface area contributed by atoms with Gasteiger partial charge in [0.15, 0.2) is 5.82 Å². The molecule has 1 fully saturated rings. The van der Waals surface area contributed by atoms with Gasteiger partial charge in [-0.05, 0) is 51.4 Å². The summed E-state index contributed by atoms with van der Waals surface area (Å²) in [4.78, 5) is 31.5. The van der Waals surface area contributed by atoms with Gasteiger partial charge in [-0.2, -0.15) is 0 Å². The molecule has 1 aliphatic heterocycles. The van der Waals surface area contributed by atoms with Crippen LogP contribution in [0.15, 0.2) is 49.2 Å². The van der Waals surface area contributed by atoms with E-state index in [-0.39, 0.29) is 24.9 Å². The average Bonchev–Trinajstić information content (AvgIpc) is 3.34. The van der Waals surface area contributed by atoms with E-state index in [1.54, 1.807) is 30.5 Å². The van der Waals surface area contributed by atoms with Gasteiger partial charge in [0, 0.05) is 31.4 Å². The van der Waals surface area contributed by atoms with Gasteiger partial charge < -0.3 is 30.0 Å². The van der Waals surface area contributed by atoms with Crippen LogP contribution < -0.4 is 10.6 Å². The Bertz CT molecular complexity index is 1220. The minimum atomic E-state index is -0.823. The van der Waals surface area contributed by atoms with Crippen molar-refractivity contribution in [3.05, 3.63) is 60.8 Å². The number of rotatable bonds is 10. The van der Waals surface area contributed by atoms with Gasteiger partial charge in [-0.3, -0.25) is 4.79 Å². The van der Waals surface area contributed by atoms with Crippen molar-refractivity contribution in [3.8, 4) is 22.6 Å². The van der Waals surface area contributed by atoms with Crippen LogP contribution in [0.5, 0.6) is 0 Å². The predicted octanol–water partition coefficient (Wildman–Crippen LogP) is 3.00. The zero-order valence-corrected chi connectivity index (χ0v) is 21.3. The molecule has 0 atom stereocenters. The van der Waals surface area contributed by atoms with E-state index < -0.39 is 11.7 Å². The number of halogens is 1. The van der Waals surface area contributed by atoms with E-state index in [1.807, 2.05) is 25.9 Å². The summed E-state index contributed by atoms with van der Waals surface area (Å²) >= 11 is 0. The second-order valence-electron chi connectivity index (χ2n) is 9.36. The number of likely N-dealkylation sites (N-methyl/N-ethyl adjacent to an activating group) is 1. The quantitative estimate of drug-likeness (QED) is 0.357. The summed E-state index contributed by atoms with van der Waals surface area (Å²) < 4.78 is 25.5. The fraction of sp³-hybridized carbons (Fsp3) is 0.385. The molecule has 0 radical (unpaired) electrons. The fourth-order valence-electron chi connectivity index (χ4n) is 3.76. The number of aromatic amines is 1. The molecule has 10 nitrogen and oxygen atoms in total. The number of hydrogen-bond acceptors (Lipinski definition) is 8. The SMILES string of the molecule is C=CCNc1nccc(-c2[nH]c(C3OCC(C)(C(=O)NCCN(C)C)CO3)nc2-c2ccc(F)cc2)n1. The lowest BCUT2D eigenvalue weighted by Gasteiger charge is -2.35. The molecular weight excluding hydrogens is 477 g/mol. The van der Waals surface area contributed by atoms with Crippen LogP contribution in [0, 0.1) is 11.2 Å². The molecule has 37 heavy (non-hydrogen) atoms. The highest BCUT2D eigenvalue weighted by molar-refractivity contribution is 5.82. The van der Waals surface area contributed by atoms with Gasteiger partial charge in [-0.1, -0.05) is 6.08 Å². The van der Waals surface area contributed by atoms with E-state index in [9.17, 15) is 9.18 Å². The first-order valence-electron chi connectivity index (χ1n) is 12.0. The molecule has 3 N–H and O–H groups in total. The fourth-order valence-corrected chi connectivity index (χ4v) is 3.76. The second-order valence-corrected chi connectivity index (χ2v) is 9.36. The van der Waals surface area contributed by atoms with E-state index >= 15 is 0 Å². The molecule has 1 aromatic carbocycles. The Morgan fingerprint density at radius 3 is 2.65 bits per heavy atom. The molecule has 0 unspecified atom stereocenters. The minimum absolute atomic E-state index is 0.125. The number of benzene rings is 1. The van der Waals surface area contributed by atoms with Crippen molar-refractivity contribution < 1.29 is 18.7 Å². The summed E-state index contributed by atoms with van der Waals surface area (Å²) in [6.07, 6.45) is 2.54. The predicted molar refractivity (Wildman–Crippen MR) is 138 cm³/mol. The standard InChI is InChI=1S/C26H32FN7O3/c1-5-11-29-25-30-12-10-19(31-25)21-20(17-6-8-18(27)9-7-17)32-22(33-21)23-36-15-26(2,16-37-23)24(35)28-13-14-34(3)4/h5-10,12,23H,1,11,13-16H2,2-4H3,(H,28,35)(H,32,33)(H,29,30,31). The number of carbonyl (C=O) groups excluding carboxylic acids is 1. The zero-order chi connectivity index (χ0) is 26.4. The summed E-state index contributed by atoms with van der Waals surface area (Å²) in [5.41, 5.74) is 1.62. The van der Waals surface area contributed by atoms with Gasteiger partial charge in [0.2, 0.25) is 18.1 Å². The van der Waals surface area contributed by atoms with Crippen LogP contribution in [0.4, 0.5) is 10.3 Å². The summed E-state index contributed by atoms with van der Waals surface area (Å²) in [6.45, 7) is 7.61. The van der Waals surface area contributed by atoms with Crippen molar-refractivity contribution in [1.82, 2.24) is 30.2 Å². The van der Waals surface area contributed by atoms with E-state index in [2.05, 4.69) is 32.2 Å². The molecule has 0 aliphatic carbocycles. The lowest BCUT2D eigenvalue weighted by atomic mass is 9.91. The Labute approximate surface area is 215 Å². The molecule has 1 saturated heterocycles. The van der Waals surface area contributed by atoms with Crippen LogP contribution >= 0.6 is 0 Å². The zero-order valence-electron chi connectivity index (χ0n) is 21.3. The highest BCUT2D eigenvalue weighted by Gasteiger charge is 2.40. The van der Waals surface area contributed by atoms with Crippen LogP contribution in [0.2, 0.25) is 0 Å². The first-order chi connectivity index (χ1) is 17.8. The summed E-state index contributed by atoms with van der Waals surface area (Å²) in [7, 11) is 3.90. The third-order valence-corrected chi connectivity index (χ3v) is 5.88. The molecule has 4 rings (SSSR count). The number of imidazole rings is 1. The Hall–Kier alpha value is -3.67. The Balaban J connectivity index is 1.57. The van der Waals surface area contributed by atoms with Gasteiger partial charge in [0.05, 0.1) is 35.7 Å². The number of nitrogens with one attached hydrogen (secondary N) is 3. The van der Waals surface area contributed by atoms with Gasteiger partial charge in [0.1, 0.15) is 5.82 Å². The average molecular weight is 510 g/mol. The highest BCUT2D eigenvalue weighted by atomic mass is 19.1. The number of anilines is 1. The van der Waals surface area contributed by atoms with Crippen molar-refractivity contribution in [2.45, 2.75) is 13.2 Å². The monoisotopic (exact) mass is 509 g/mol. The molecule has 0 spiro atoms. The van der Waals surface area contributed by atoms with Gasteiger partial charge in [0.25, 0.3) is 0 Å². The molecule has 1 aliphatic rings. The van der Waals surface area contributed by atoms with Crippen LogP contribution in [0.3, 0.4) is 0 Å². The lowest BCUT2D eigenvalue weighted by Crippen LogP contribution is -2.49. The number of aromatic nitrogens is 4. The van der Waals surface area contributed by atoms with Crippen molar-refractivity contribution in [2.75, 3.05) is 52.3 Å². The van der Waals surface area contributed by atoms with Crippen LogP contribution in [-0.2, 0) is 14.3 Å². The first kappa shape index (κ1) is 26.4. The Kier molecular flexibility index (Phi) is 8.27. The van der Waals surface area contributed by atoms with Crippen molar-refractivity contribution in [1.29, 1.82) is 0 Å². The molecule has 3 aromatic rings. The van der Waals surface area contributed by atoms with Crippen molar-refractivity contribution in [2.24, 2.45) is 5.41 Å². The van der Waals surface area contributed by atoms with E-state index in [0.29, 0.717) is 47.5 Å². The normalized spacial score (nSPS) is 19.5. The van der Waals surface area contributed by atoms with E-state index in [0.717, 1.165) is 6.54 Å². The third kappa shape index (κ3) is 6.37. The summed E-state index contributed by atoms with van der Waals surface area (Å²) in [5.74, 6) is 0.380. The third-order valence-electron chi connectivity index (χ3n) is 5.88. The largest absolute Gasteiger partial charge is 0.354 e. The number of carbonyl (C=O) groups is 1. The van der Waals surface area contributed by atoms with Crippen LogP contribution in [0.1, 0.15) is 19.0 Å². The number of H-pyrrole nitrogens is 1. The summed E-state index contributed by atoms with van der Waals surface area (Å²) in [5, 5.41) is 6.01. The Morgan fingerprint density at radius 1 is 1.24 bits per heavy atom. The first-order valence-corrected chi connectivity index (χ1v) is 12.0. The molecule has 196 valence electrons. The lowest BCUT2D eigenvalue weighted by molar-refractivity contribution is -0.231. The molecule has 3 heterocycles. The van der Waals surface area contributed by atoms with Crippen LogP contribution in [-0.4, -0.2) is 77.7 Å². The minimum Gasteiger partial charge on any atom is -0.354 e. The van der Waals surface area contributed by atoms with Gasteiger partial charge >= 0.3 is 0 Å². The molecule has 11 heteroatoms. The van der Waals surface area contributed by atoms with Crippen molar-refractivity contribution in [3.63, 3.8) is 0 Å². The maximum atomic E-state index is 13.6. The Morgan fingerprint density at radius 2 is 1.97 bits per heavy atom. The molecule has 2 aromatic heterocycles. The van der Waals surface area contributed by atoms with Gasteiger partial charge in [-0.25, -0.2) is 19.3 Å². The number of nitrogens with zero attached hydrogens (tertiary/aromatic N) is 4. The van der Waals surface area contributed by atoms with Crippen molar-refractivity contribution >= 4 is 11.9 Å². The number of hydrogen-bond donors (Lipinski definition) is 3. The van der Waals surface area contributed by atoms with Crippen LogP contribution in [0.25, 0.3) is 22.6 Å². The number of ether oxygens (including phenoxy) is 2. The smallest absolute Gasteiger partial charge is 0.230 e. The molecule has 0 bridgehead atoms. The highest BCUT2D eigenvalue weighted by Crippen LogP contribution is 2.35. The molecule has 0 saturated carbocycles. The topological polar surface area (TPSA) is 117 Å². The molecular formula is C26H32FN7O3. The van der Waals surface area contributed by atoms with Gasteiger partial charge in [-0.15, -0.1) is 6.58 Å². The number of amides is 1. The van der Waals surface area contributed by atoms with E-state index in [1.165, 1.54) is 12.1 Å². The molecule has 1 amide bonds. The maximum absolute atomic E-state index is 13.6.